The van der Waals surface area contributed by atoms with E-state index in [1.54, 1.807) is 31.3 Å². The lowest BCUT2D eigenvalue weighted by Gasteiger charge is -2.10. The Hall–Kier alpha value is -2.67. The summed E-state index contributed by atoms with van der Waals surface area (Å²) in [6.45, 7) is 5.97. The average Bonchev–Trinajstić information content (AvgIpc) is 3.10. The Morgan fingerprint density at radius 2 is 2.30 bits per heavy atom. The molecular weight excluding hydrogens is 312 g/mol. The van der Waals surface area contributed by atoms with E-state index in [1.807, 2.05) is 12.3 Å². The molecule has 0 aliphatic rings. The van der Waals surface area contributed by atoms with Gasteiger partial charge in [-0.2, -0.15) is 9.36 Å². The van der Waals surface area contributed by atoms with Crippen LogP contribution in [0.15, 0.2) is 41.0 Å². The lowest BCUT2D eigenvalue weighted by Crippen LogP contribution is -2.22. The fraction of sp³-hybridized carbons (Fsp3) is 0.188. The van der Waals surface area contributed by atoms with Crippen LogP contribution in [0.1, 0.15) is 17.4 Å². The lowest BCUT2D eigenvalue weighted by atomic mass is 10.2. The van der Waals surface area contributed by atoms with E-state index in [-0.39, 0.29) is 12.3 Å². The number of aryl methyl sites for hydroxylation is 2. The van der Waals surface area contributed by atoms with Gasteiger partial charge in [-0.15, -0.1) is 11.3 Å². The summed E-state index contributed by atoms with van der Waals surface area (Å²) in [6.07, 6.45) is 1.73. The van der Waals surface area contributed by atoms with Crippen LogP contribution in [0.5, 0.6) is 5.75 Å². The third-order valence-electron chi connectivity index (χ3n) is 3.43. The van der Waals surface area contributed by atoms with Crippen LogP contribution in [-0.4, -0.2) is 19.8 Å². The zero-order valence-corrected chi connectivity index (χ0v) is 13.6. The highest BCUT2D eigenvalue weighted by Gasteiger charge is 2.16. The molecule has 0 bridgehead atoms. The summed E-state index contributed by atoms with van der Waals surface area (Å²) in [7, 11) is 1.55. The van der Waals surface area contributed by atoms with Crippen LogP contribution in [-0.2, 0) is 13.7 Å². The van der Waals surface area contributed by atoms with E-state index in [9.17, 15) is 4.79 Å². The summed E-state index contributed by atoms with van der Waals surface area (Å²) >= 11 is 1.47. The zero-order valence-electron chi connectivity index (χ0n) is 13.8. The molecule has 0 unspecified atom stereocenters. The Bertz CT molecular complexity index is 957. The van der Waals surface area contributed by atoms with Gasteiger partial charge in [-0.05, 0) is 29.0 Å². The molecule has 7 heteroatoms. The number of ether oxygens (including phenoxy) is 1. The minimum absolute atomic E-state index is 0.265. The first kappa shape index (κ1) is 14.0. The number of rotatable bonds is 5. The molecule has 0 radical (unpaired) electrons. The van der Waals surface area contributed by atoms with Crippen molar-refractivity contribution >= 4 is 17.4 Å². The number of aromatic nitrogens is 4. The van der Waals surface area contributed by atoms with E-state index in [4.69, 9.17) is 6.11 Å². The van der Waals surface area contributed by atoms with Crippen molar-refractivity contribution in [2.45, 2.75) is 13.5 Å². The monoisotopic (exact) mass is 330 g/mol. The van der Waals surface area contributed by atoms with Crippen molar-refractivity contribution in [3.63, 3.8) is 0 Å². The Kier molecular flexibility index (Phi) is 3.77. The zero-order chi connectivity index (χ0) is 17.3. The van der Waals surface area contributed by atoms with Crippen molar-refractivity contribution < 1.29 is 6.11 Å². The normalized spacial score (nSPS) is 11.3. The van der Waals surface area contributed by atoms with Crippen molar-refractivity contribution in [1.82, 2.24) is 19.8 Å². The Morgan fingerprint density at radius 3 is 2.96 bits per heavy atom. The molecule has 6 nitrogen and oxygen atoms in total. The van der Waals surface area contributed by atoms with Crippen molar-refractivity contribution in [2.75, 3.05) is 0 Å². The first-order valence-corrected chi connectivity index (χ1v) is 7.81. The number of para-hydroxylation sites is 1. The standard InChI is InChI=1S/C16H16N4O2S/c1-4-15-12(9-22-14-8-6-5-7-11(14)2)13(10-23-15)20-16(21)19(3)17-18-20/h4-8,10H,1,9H2,2-3H3/i5T. The van der Waals surface area contributed by atoms with Gasteiger partial charge < -0.3 is 4.74 Å². The van der Waals surface area contributed by atoms with Gasteiger partial charge in [-0.1, -0.05) is 30.8 Å². The number of tetrazole rings is 1. The van der Waals surface area contributed by atoms with E-state index >= 15 is 0 Å². The molecule has 0 saturated carbocycles. The van der Waals surface area contributed by atoms with E-state index in [2.05, 4.69) is 17.0 Å². The molecule has 0 N–H and O–H groups in total. The van der Waals surface area contributed by atoms with Crippen LogP contribution in [0.2, 0.25) is 0 Å². The van der Waals surface area contributed by atoms with Crippen molar-refractivity contribution in [3.05, 3.63) is 62.7 Å². The highest BCUT2D eigenvalue weighted by molar-refractivity contribution is 7.11. The van der Waals surface area contributed by atoms with Gasteiger partial charge in [0.2, 0.25) is 0 Å². The quantitative estimate of drug-likeness (QED) is 0.721. The maximum atomic E-state index is 12.1. The SMILES string of the molecule is [3H]c1ccc(OCc2c(-n3nnn(C)c3=O)csc2C=C)c(C)c1. The second-order valence-electron chi connectivity index (χ2n) is 4.95. The third kappa shape index (κ3) is 2.83. The topological polar surface area (TPSA) is 61.9 Å². The van der Waals surface area contributed by atoms with Crippen LogP contribution in [0, 0.1) is 6.92 Å². The maximum Gasteiger partial charge on any atom is 0.368 e. The minimum Gasteiger partial charge on any atom is -0.489 e. The number of hydrogen-bond acceptors (Lipinski definition) is 5. The van der Waals surface area contributed by atoms with Gasteiger partial charge in [0.15, 0.2) is 0 Å². The molecule has 0 spiro atoms. The number of nitrogens with zero attached hydrogens (tertiary/aromatic N) is 4. The van der Waals surface area contributed by atoms with Crippen LogP contribution in [0.4, 0.5) is 0 Å². The van der Waals surface area contributed by atoms with Gasteiger partial charge in [-0.3, -0.25) is 0 Å². The first-order valence-electron chi connectivity index (χ1n) is 7.43. The van der Waals surface area contributed by atoms with Crippen molar-refractivity contribution in [3.8, 4) is 11.4 Å². The smallest absolute Gasteiger partial charge is 0.368 e. The molecular formula is C16H16N4O2S. The predicted molar refractivity (Wildman–Crippen MR) is 90.1 cm³/mol. The van der Waals surface area contributed by atoms with Gasteiger partial charge in [0.25, 0.3) is 0 Å². The van der Waals surface area contributed by atoms with Crippen molar-refractivity contribution in [1.29, 1.82) is 0 Å². The van der Waals surface area contributed by atoms with Gasteiger partial charge in [0, 0.05) is 22.9 Å². The third-order valence-corrected chi connectivity index (χ3v) is 4.44. The van der Waals surface area contributed by atoms with Crippen LogP contribution < -0.4 is 10.4 Å². The fourth-order valence-corrected chi connectivity index (χ4v) is 3.04. The van der Waals surface area contributed by atoms with Crippen LogP contribution in [0.25, 0.3) is 11.8 Å². The molecule has 2 heterocycles. The molecule has 23 heavy (non-hydrogen) atoms. The molecule has 1 aromatic carbocycles. The van der Waals surface area contributed by atoms with Gasteiger partial charge in [-0.25, -0.2) is 4.79 Å². The summed E-state index contributed by atoms with van der Waals surface area (Å²) in [6, 6.07) is 5.63. The van der Waals surface area contributed by atoms with Gasteiger partial charge in [0.1, 0.15) is 12.4 Å². The maximum absolute atomic E-state index is 12.1. The summed E-state index contributed by atoms with van der Waals surface area (Å²) in [4.78, 5) is 13.0. The number of thiophene rings is 1. The number of hydrogen-bond donors (Lipinski definition) is 0. The Morgan fingerprint density at radius 1 is 1.48 bits per heavy atom. The van der Waals surface area contributed by atoms with Crippen LogP contribution in [0.3, 0.4) is 0 Å². The molecule has 3 aromatic rings. The fourth-order valence-electron chi connectivity index (χ4n) is 2.16. The molecule has 0 aliphatic carbocycles. The largest absolute Gasteiger partial charge is 0.489 e. The highest BCUT2D eigenvalue weighted by atomic mass is 32.1. The molecule has 0 aliphatic heterocycles. The van der Waals surface area contributed by atoms with Crippen LogP contribution >= 0.6 is 11.3 Å². The Labute approximate surface area is 138 Å². The summed E-state index contributed by atoms with van der Waals surface area (Å²) in [5, 5.41) is 9.47. The molecule has 0 saturated heterocycles. The molecule has 0 fully saturated rings. The van der Waals surface area contributed by atoms with Crippen molar-refractivity contribution in [2.24, 2.45) is 7.05 Å². The second kappa shape index (κ2) is 6.21. The summed E-state index contributed by atoms with van der Waals surface area (Å²) < 4.78 is 15.9. The average molecular weight is 330 g/mol. The number of benzene rings is 1. The molecule has 0 amide bonds. The molecule has 0 atom stereocenters. The lowest BCUT2D eigenvalue weighted by molar-refractivity contribution is 0.304. The first-order chi connectivity index (χ1) is 11.5. The predicted octanol–water partition coefficient (Wildman–Crippen LogP) is 2.56. The van der Waals surface area contributed by atoms with E-state index < -0.39 is 0 Å². The second-order valence-corrected chi connectivity index (χ2v) is 5.86. The van der Waals surface area contributed by atoms with E-state index in [0.717, 1.165) is 16.0 Å². The molecule has 118 valence electrons. The molecule has 2 aromatic heterocycles. The summed E-state index contributed by atoms with van der Waals surface area (Å²) in [5.41, 5.74) is 2.03. The highest BCUT2D eigenvalue weighted by Crippen LogP contribution is 2.28. The molecule has 3 rings (SSSR count). The van der Waals surface area contributed by atoms with Gasteiger partial charge >= 0.3 is 5.69 Å². The Balaban J connectivity index is 1.95. The van der Waals surface area contributed by atoms with E-state index in [0.29, 0.717) is 17.5 Å². The van der Waals surface area contributed by atoms with E-state index in [1.165, 1.54) is 20.7 Å². The van der Waals surface area contributed by atoms with Gasteiger partial charge in [0.05, 0.1) is 7.06 Å². The minimum atomic E-state index is -0.320. The summed E-state index contributed by atoms with van der Waals surface area (Å²) in [5.74, 6) is 0.699.